The molecule has 0 aliphatic carbocycles. The molecule has 1 unspecified atom stereocenters. The van der Waals surface area contributed by atoms with Crippen LogP contribution in [0.15, 0.2) is 54.6 Å². The van der Waals surface area contributed by atoms with Gasteiger partial charge in [-0.15, -0.1) is 0 Å². The standard InChI is InChI=1S/C21H26N2O2/c1-16(21(24)23-14-12-19(22-2)13-15-23)25-20-10-8-18(9-11-20)17-6-4-3-5-7-17/h3-11,16,19,22H,12-15H2,1-2H3. The van der Waals surface area contributed by atoms with Gasteiger partial charge in [-0.2, -0.15) is 0 Å². The Morgan fingerprint density at radius 1 is 1.04 bits per heavy atom. The predicted octanol–water partition coefficient (Wildman–Crippen LogP) is 3.33. The fraction of sp³-hybridized carbons (Fsp3) is 0.381. The lowest BCUT2D eigenvalue weighted by Gasteiger charge is -2.33. The highest BCUT2D eigenvalue weighted by molar-refractivity contribution is 5.81. The number of likely N-dealkylation sites (tertiary alicyclic amines) is 1. The van der Waals surface area contributed by atoms with Gasteiger partial charge in [0, 0.05) is 19.1 Å². The number of hydrogen-bond acceptors (Lipinski definition) is 3. The lowest BCUT2D eigenvalue weighted by atomic mass is 10.0. The first-order valence-electron chi connectivity index (χ1n) is 8.95. The van der Waals surface area contributed by atoms with Crippen molar-refractivity contribution in [1.82, 2.24) is 10.2 Å². The van der Waals surface area contributed by atoms with Gasteiger partial charge in [-0.05, 0) is 50.1 Å². The molecule has 4 nitrogen and oxygen atoms in total. The van der Waals surface area contributed by atoms with Crippen LogP contribution in [0.5, 0.6) is 5.75 Å². The maximum Gasteiger partial charge on any atom is 0.263 e. The number of ether oxygens (including phenoxy) is 1. The van der Waals surface area contributed by atoms with E-state index in [4.69, 9.17) is 4.74 Å². The van der Waals surface area contributed by atoms with Crippen molar-refractivity contribution in [3.63, 3.8) is 0 Å². The van der Waals surface area contributed by atoms with Crippen LogP contribution in [0.25, 0.3) is 11.1 Å². The quantitative estimate of drug-likeness (QED) is 0.909. The fourth-order valence-electron chi connectivity index (χ4n) is 3.26. The summed E-state index contributed by atoms with van der Waals surface area (Å²) in [5.74, 6) is 0.798. The summed E-state index contributed by atoms with van der Waals surface area (Å²) in [6.45, 7) is 3.42. The Balaban J connectivity index is 1.57. The van der Waals surface area contributed by atoms with Crippen LogP contribution >= 0.6 is 0 Å². The first-order valence-corrected chi connectivity index (χ1v) is 8.95. The van der Waals surface area contributed by atoms with E-state index in [0.29, 0.717) is 6.04 Å². The Bertz CT molecular complexity index is 677. The second kappa shape index (κ2) is 8.17. The molecule has 4 heteroatoms. The van der Waals surface area contributed by atoms with Crippen LogP contribution in [0.3, 0.4) is 0 Å². The fourth-order valence-corrected chi connectivity index (χ4v) is 3.26. The second-order valence-electron chi connectivity index (χ2n) is 6.54. The summed E-state index contributed by atoms with van der Waals surface area (Å²) in [6, 6.07) is 18.7. The third-order valence-corrected chi connectivity index (χ3v) is 4.84. The number of amides is 1. The van der Waals surface area contributed by atoms with Crippen molar-refractivity contribution in [3.05, 3.63) is 54.6 Å². The SMILES string of the molecule is CNC1CCN(C(=O)C(C)Oc2ccc(-c3ccccc3)cc2)CC1. The molecule has 0 spiro atoms. The van der Waals surface area contributed by atoms with E-state index in [-0.39, 0.29) is 5.91 Å². The van der Waals surface area contributed by atoms with Crippen molar-refractivity contribution in [2.45, 2.75) is 31.9 Å². The van der Waals surface area contributed by atoms with Gasteiger partial charge in [-0.1, -0.05) is 42.5 Å². The number of carbonyl (C=O) groups excluding carboxylic acids is 1. The van der Waals surface area contributed by atoms with Crippen LogP contribution < -0.4 is 10.1 Å². The molecule has 1 atom stereocenters. The highest BCUT2D eigenvalue weighted by Crippen LogP contribution is 2.23. The lowest BCUT2D eigenvalue weighted by molar-refractivity contribution is -0.139. The highest BCUT2D eigenvalue weighted by Gasteiger charge is 2.26. The molecule has 132 valence electrons. The van der Waals surface area contributed by atoms with Gasteiger partial charge < -0.3 is 15.0 Å². The molecular formula is C21H26N2O2. The minimum Gasteiger partial charge on any atom is -0.481 e. The normalized spacial score (nSPS) is 16.5. The van der Waals surface area contributed by atoms with Crippen LogP contribution in [-0.4, -0.2) is 43.1 Å². The largest absolute Gasteiger partial charge is 0.481 e. The van der Waals surface area contributed by atoms with E-state index in [1.54, 1.807) is 0 Å². The molecule has 0 bridgehead atoms. The minimum atomic E-state index is -0.464. The number of nitrogens with one attached hydrogen (secondary N) is 1. The molecule has 25 heavy (non-hydrogen) atoms. The van der Waals surface area contributed by atoms with Gasteiger partial charge in [0.15, 0.2) is 6.10 Å². The number of carbonyl (C=O) groups is 1. The molecule has 1 N–H and O–H groups in total. The van der Waals surface area contributed by atoms with Crippen molar-refractivity contribution in [1.29, 1.82) is 0 Å². The molecule has 0 saturated carbocycles. The van der Waals surface area contributed by atoms with Crippen molar-refractivity contribution < 1.29 is 9.53 Å². The zero-order valence-corrected chi connectivity index (χ0v) is 14.9. The third kappa shape index (κ3) is 4.40. The lowest BCUT2D eigenvalue weighted by Crippen LogP contribution is -2.48. The summed E-state index contributed by atoms with van der Waals surface area (Å²) in [6.07, 6.45) is 1.54. The summed E-state index contributed by atoms with van der Waals surface area (Å²) < 4.78 is 5.87. The molecule has 2 aromatic rings. The average molecular weight is 338 g/mol. The molecular weight excluding hydrogens is 312 g/mol. The van der Waals surface area contributed by atoms with Gasteiger partial charge >= 0.3 is 0 Å². The Kier molecular flexibility index (Phi) is 5.71. The van der Waals surface area contributed by atoms with E-state index in [9.17, 15) is 4.79 Å². The van der Waals surface area contributed by atoms with E-state index in [1.165, 1.54) is 5.56 Å². The van der Waals surface area contributed by atoms with Crippen molar-refractivity contribution in [2.75, 3.05) is 20.1 Å². The molecule has 2 aromatic carbocycles. The van der Waals surface area contributed by atoms with E-state index < -0.39 is 6.10 Å². The van der Waals surface area contributed by atoms with Crippen LogP contribution in [0.4, 0.5) is 0 Å². The summed E-state index contributed by atoms with van der Waals surface area (Å²) in [5.41, 5.74) is 2.31. The van der Waals surface area contributed by atoms with Crippen molar-refractivity contribution in [3.8, 4) is 16.9 Å². The van der Waals surface area contributed by atoms with Crippen LogP contribution in [0, 0.1) is 0 Å². The third-order valence-electron chi connectivity index (χ3n) is 4.84. The minimum absolute atomic E-state index is 0.0710. The maximum absolute atomic E-state index is 12.6. The summed E-state index contributed by atoms with van der Waals surface area (Å²) in [4.78, 5) is 14.5. The number of rotatable bonds is 5. The van der Waals surface area contributed by atoms with E-state index >= 15 is 0 Å². The first-order chi connectivity index (χ1) is 12.2. The van der Waals surface area contributed by atoms with E-state index in [2.05, 4.69) is 17.4 Å². The van der Waals surface area contributed by atoms with Crippen LogP contribution in [-0.2, 0) is 4.79 Å². The van der Waals surface area contributed by atoms with Gasteiger partial charge in [0.1, 0.15) is 5.75 Å². The summed E-state index contributed by atoms with van der Waals surface area (Å²) >= 11 is 0. The number of piperidine rings is 1. The monoisotopic (exact) mass is 338 g/mol. The molecule has 0 radical (unpaired) electrons. The molecule has 1 saturated heterocycles. The van der Waals surface area contributed by atoms with Crippen LogP contribution in [0.2, 0.25) is 0 Å². The average Bonchev–Trinajstić information content (AvgIpc) is 2.68. The number of nitrogens with zero attached hydrogens (tertiary/aromatic N) is 1. The number of hydrogen-bond donors (Lipinski definition) is 1. The van der Waals surface area contributed by atoms with E-state index in [1.807, 2.05) is 61.3 Å². The molecule has 3 rings (SSSR count). The van der Waals surface area contributed by atoms with Gasteiger partial charge in [-0.3, -0.25) is 4.79 Å². The molecule has 0 aromatic heterocycles. The Labute approximate surface area is 149 Å². The zero-order chi connectivity index (χ0) is 17.6. The predicted molar refractivity (Wildman–Crippen MR) is 101 cm³/mol. The molecule has 1 fully saturated rings. The molecule has 1 heterocycles. The van der Waals surface area contributed by atoms with Gasteiger partial charge in [0.2, 0.25) is 0 Å². The van der Waals surface area contributed by atoms with Crippen molar-refractivity contribution in [2.24, 2.45) is 0 Å². The summed E-state index contributed by atoms with van der Waals surface area (Å²) in [7, 11) is 1.98. The van der Waals surface area contributed by atoms with E-state index in [0.717, 1.165) is 37.2 Å². The Morgan fingerprint density at radius 3 is 2.24 bits per heavy atom. The highest BCUT2D eigenvalue weighted by atomic mass is 16.5. The summed E-state index contributed by atoms with van der Waals surface area (Å²) in [5, 5.41) is 3.28. The topological polar surface area (TPSA) is 41.6 Å². The Morgan fingerprint density at radius 2 is 1.64 bits per heavy atom. The molecule has 1 aliphatic heterocycles. The smallest absolute Gasteiger partial charge is 0.263 e. The van der Waals surface area contributed by atoms with Gasteiger partial charge in [0.25, 0.3) is 5.91 Å². The first kappa shape index (κ1) is 17.5. The molecule has 1 aliphatic rings. The van der Waals surface area contributed by atoms with Gasteiger partial charge in [0.05, 0.1) is 0 Å². The zero-order valence-electron chi connectivity index (χ0n) is 14.9. The maximum atomic E-state index is 12.6. The molecule has 1 amide bonds. The number of benzene rings is 2. The van der Waals surface area contributed by atoms with Gasteiger partial charge in [-0.25, -0.2) is 0 Å². The van der Waals surface area contributed by atoms with Crippen molar-refractivity contribution >= 4 is 5.91 Å². The second-order valence-corrected chi connectivity index (χ2v) is 6.54. The van der Waals surface area contributed by atoms with Crippen LogP contribution in [0.1, 0.15) is 19.8 Å². The Hall–Kier alpha value is -2.33.